The molecule has 4 rings (SSSR count). The molecule has 0 unspecified atom stereocenters. The first kappa shape index (κ1) is 23.8. The van der Waals surface area contributed by atoms with Crippen LogP contribution in [0.3, 0.4) is 0 Å². The van der Waals surface area contributed by atoms with E-state index in [9.17, 15) is 9.59 Å². The fourth-order valence-corrected chi connectivity index (χ4v) is 5.91. The Morgan fingerprint density at radius 2 is 1.85 bits per heavy atom. The number of ether oxygens (including phenoxy) is 1. The quantitative estimate of drug-likeness (QED) is 0.646. The van der Waals surface area contributed by atoms with Gasteiger partial charge in [-0.2, -0.15) is 0 Å². The summed E-state index contributed by atoms with van der Waals surface area (Å²) in [5, 5.41) is 2.15. The highest BCUT2D eigenvalue weighted by molar-refractivity contribution is 7.10. The maximum Gasteiger partial charge on any atom is 0.236 e. The van der Waals surface area contributed by atoms with Crippen molar-refractivity contribution in [2.45, 2.75) is 45.7 Å². The van der Waals surface area contributed by atoms with Crippen molar-refractivity contribution in [1.82, 2.24) is 14.7 Å². The molecule has 2 aliphatic rings. The molecule has 0 radical (unpaired) electrons. The molecule has 3 heterocycles. The van der Waals surface area contributed by atoms with Gasteiger partial charge in [0, 0.05) is 43.5 Å². The summed E-state index contributed by atoms with van der Waals surface area (Å²) in [4.78, 5) is 33.5. The fraction of sp³-hybridized carbons (Fsp3) is 0.538. The van der Waals surface area contributed by atoms with Gasteiger partial charge in [-0.3, -0.25) is 14.5 Å². The van der Waals surface area contributed by atoms with Crippen LogP contribution >= 0.6 is 11.3 Å². The Balaban J connectivity index is 1.46. The molecule has 2 aromatic rings. The largest absolute Gasteiger partial charge is 0.497 e. The lowest BCUT2D eigenvalue weighted by Crippen LogP contribution is -2.57. The van der Waals surface area contributed by atoms with Crippen LogP contribution in [0.5, 0.6) is 5.75 Å². The molecule has 0 saturated carbocycles. The first-order valence-electron chi connectivity index (χ1n) is 11.9. The number of hydrogen-bond donors (Lipinski definition) is 0. The number of piperazine rings is 1. The summed E-state index contributed by atoms with van der Waals surface area (Å²) in [7, 11) is 1.68. The second-order valence-corrected chi connectivity index (χ2v) is 10.6. The second kappa shape index (κ2) is 10.3. The minimum Gasteiger partial charge on any atom is -0.497 e. The normalized spacial score (nSPS) is 21.2. The summed E-state index contributed by atoms with van der Waals surface area (Å²) >= 11 is 1.80. The Kier molecular flexibility index (Phi) is 7.39. The van der Waals surface area contributed by atoms with Gasteiger partial charge in [-0.15, -0.1) is 11.3 Å². The summed E-state index contributed by atoms with van der Waals surface area (Å²) < 4.78 is 5.34. The van der Waals surface area contributed by atoms with Crippen molar-refractivity contribution in [3.8, 4) is 5.75 Å². The molecule has 1 fully saturated rings. The monoisotopic (exact) mass is 469 g/mol. The highest BCUT2D eigenvalue weighted by Crippen LogP contribution is 2.38. The number of rotatable bonds is 6. The second-order valence-electron chi connectivity index (χ2n) is 9.57. The first-order chi connectivity index (χ1) is 15.9. The summed E-state index contributed by atoms with van der Waals surface area (Å²) in [6.07, 6.45) is 1.54. The van der Waals surface area contributed by atoms with E-state index >= 15 is 0 Å². The maximum absolute atomic E-state index is 13.4. The minimum atomic E-state index is 0.0520. The van der Waals surface area contributed by atoms with Gasteiger partial charge in [-0.1, -0.05) is 26.0 Å². The van der Waals surface area contributed by atoms with E-state index in [1.165, 1.54) is 16.0 Å². The van der Waals surface area contributed by atoms with Gasteiger partial charge in [-0.05, 0) is 54.0 Å². The number of fused-ring (bicyclic) bond motifs is 1. The van der Waals surface area contributed by atoms with E-state index in [4.69, 9.17) is 4.74 Å². The number of benzene rings is 1. The van der Waals surface area contributed by atoms with Crippen molar-refractivity contribution < 1.29 is 14.3 Å². The van der Waals surface area contributed by atoms with E-state index in [1.807, 2.05) is 21.9 Å². The molecule has 0 spiro atoms. The smallest absolute Gasteiger partial charge is 0.236 e. The number of nitrogens with zero attached hydrogens (tertiary/aromatic N) is 3. The predicted molar refractivity (Wildman–Crippen MR) is 132 cm³/mol. The third-order valence-corrected chi connectivity index (χ3v) is 7.72. The number of amides is 2. The van der Waals surface area contributed by atoms with Crippen molar-refractivity contribution in [3.63, 3.8) is 0 Å². The van der Waals surface area contributed by atoms with Gasteiger partial charge in [0.15, 0.2) is 0 Å². The highest BCUT2D eigenvalue weighted by atomic mass is 32.1. The molecule has 0 aliphatic carbocycles. The molecule has 2 atom stereocenters. The van der Waals surface area contributed by atoms with Gasteiger partial charge in [0.25, 0.3) is 0 Å². The lowest BCUT2D eigenvalue weighted by molar-refractivity contribution is -0.143. The van der Waals surface area contributed by atoms with E-state index in [2.05, 4.69) is 49.3 Å². The van der Waals surface area contributed by atoms with Crippen LogP contribution in [0.2, 0.25) is 0 Å². The summed E-state index contributed by atoms with van der Waals surface area (Å²) in [5.74, 6) is 1.53. The van der Waals surface area contributed by atoms with Crippen molar-refractivity contribution in [2.24, 2.45) is 5.92 Å². The number of methoxy groups -OCH3 is 1. The first-order valence-corrected chi connectivity index (χ1v) is 12.8. The molecule has 0 bridgehead atoms. The van der Waals surface area contributed by atoms with Gasteiger partial charge in [-0.25, -0.2) is 0 Å². The van der Waals surface area contributed by atoms with Crippen molar-refractivity contribution in [2.75, 3.05) is 39.8 Å². The van der Waals surface area contributed by atoms with Gasteiger partial charge in [0.05, 0.1) is 19.7 Å². The van der Waals surface area contributed by atoms with Crippen LogP contribution < -0.4 is 4.74 Å². The summed E-state index contributed by atoms with van der Waals surface area (Å²) in [5.41, 5.74) is 2.49. The van der Waals surface area contributed by atoms with Crippen LogP contribution in [-0.2, 0) is 16.0 Å². The van der Waals surface area contributed by atoms with Gasteiger partial charge < -0.3 is 14.5 Å². The Labute approximate surface area is 201 Å². The SMILES string of the molecule is COc1ccc([C@H]2c3ccsc3CCN2CC(=O)N2CCN(C(=O)CC(C)C)[C@@H](C)C2)cc1. The minimum absolute atomic E-state index is 0.0520. The van der Waals surface area contributed by atoms with Crippen molar-refractivity contribution in [1.29, 1.82) is 0 Å². The van der Waals surface area contributed by atoms with E-state index < -0.39 is 0 Å². The maximum atomic E-state index is 13.4. The van der Waals surface area contributed by atoms with Crippen molar-refractivity contribution >= 4 is 23.2 Å². The van der Waals surface area contributed by atoms with Crippen LogP contribution in [0.4, 0.5) is 0 Å². The summed E-state index contributed by atoms with van der Waals surface area (Å²) in [6, 6.07) is 10.5. The molecular weight excluding hydrogens is 434 g/mol. The molecule has 2 aliphatic heterocycles. The molecular formula is C26H35N3O3S. The lowest BCUT2D eigenvalue weighted by atomic mass is 9.93. The lowest BCUT2D eigenvalue weighted by Gasteiger charge is -2.42. The Bertz CT molecular complexity index is 971. The van der Waals surface area contributed by atoms with E-state index in [-0.39, 0.29) is 23.9 Å². The zero-order chi connectivity index (χ0) is 23.5. The van der Waals surface area contributed by atoms with Crippen LogP contribution in [0.1, 0.15) is 49.2 Å². The van der Waals surface area contributed by atoms with Gasteiger partial charge >= 0.3 is 0 Å². The van der Waals surface area contributed by atoms with E-state index in [0.717, 1.165) is 18.7 Å². The Morgan fingerprint density at radius 3 is 2.52 bits per heavy atom. The molecule has 6 nitrogen and oxygen atoms in total. The Hall–Kier alpha value is -2.38. The van der Waals surface area contributed by atoms with Crippen LogP contribution in [0.25, 0.3) is 0 Å². The molecule has 0 N–H and O–H groups in total. The molecule has 33 heavy (non-hydrogen) atoms. The average Bonchev–Trinajstić information content (AvgIpc) is 3.27. The molecule has 1 aromatic heterocycles. The molecule has 2 amide bonds. The van der Waals surface area contributed by atoms with Gasteiger partial charge in [0.1, 0.15) is 5.75 Å². The molecule has 1 saturated heterocycles. The zero-order valence-electron chi connectivity index (χ0n) is 20.1. The van der Waals surface area contributed by atoms with Crippen LogP contribution in [0, 0.1) is 5.92 Å². The number of thiophene rings is 1. The predicted octanol–water partition coefficient (Wildman–Crippen LogP) is 3.81. The number of hydrogen-bond acceptors (Lipinski definition) is 5. The van der Waals surface area contributed by atoms with E-state index in [0.29, 0.717) is 38.5 Å². The van der Waals surface area contributed by atoms with Gasteiger partial charge in [0.2, 0.25) is 11.8 Å². The van der Waals surface area contributed by atoms with Crippen molar-refractivity contribution in [3.05, 3.63) is 51.7 Å². The third kappa shape index (κ3) is 5.25. The van der Waals surface area contributed by atoms with Crippen LogP contribution in [0.15, 0.2) is 35.7 Å². The van der Waals surface area contributed by atoms with Crippen LogP contribution in [-0.4, -0.2) is 72.4 Å². The molecule has 7 heteroatoms. The number of carbonyl (C=O) groups excluding carboxylic acids is 2. The summed E-state index contributed by atoms with van der Waals surface area (Å²) in [6.45, 7) is 9.27. The standard InChI is InChI=1S/C26H35N3O3S/c1-18(2)15-24(30)29-13-12-27(16-19(29)3)25(31)17-28-11-9-23-22(10-14-33-23)26(28)20-5-7-21(32-4)8-6-20/h5-8,10,14,18-19,26H,9,11-13,15-17H2,1-4H3/t19-,26-/m0/s1. The molecule has 1 aromatic carbocycles. The fourth-order valence-electron chi connectivity index (χ4n) is 5.01. The third-order valence-electron chi connectivity index (χ3n) is 6.72. The van der Waals surface area contributed by atoms with E-state index in [1.54, 1.807) is 18.4 Å². The zero-order valence-corrected chi connectivity index (χ0v) is 20.9. The highest BCUT2D eigenvalue weighted by Gasteiger charge is 2.34. The number of carbonyl (C=O) groups is 2. The average molecular weight is 470 g/mol. The molecule has 178 valence electrons. The topological polar surface area (TPSA) is 53.1 Å². The Morgan fingerprint density at radius 1 is 1.09 bits per heavy atom.